The van der Waals surface area contributed by atoms with Gasteiger partial charge in [-0.3, -0.25) is 9.59 Å². The van der Waals surface area contributed by atoms with Crippen molar-refractivity contribution in [2.24, 2.45) is 5.41 Å². The lowest BCUT2D eigenvalue weighted by Gasteiger charge is -2.39. The van der Waals surface area contributed by atoms with Crippen LogP contribution in [-0.4, -0.2) is 32.3 Å². The zero-order chi connectivity index (χ0) is 32.8. The second-order valence-corrected chi connectivity index (χ2v) is 19.2. The average molecular weight is 627 g/mol. The highest BCUT2D eigenvalue weighted by molar-refractivity contribution is 6.74. The van der Waals surface area contributed by atoms with Gasteiger partial charge in [0.2, 0.25) is 11.8 Å². The first-order chi connectivity index (χ1) is 19.8. The number of hydrogen-bond donors (Lipinski definition) is 2. The van der Waals surface area contributed by atoms with Crippen LogP contribution in [0.25, 0.3) is 0 Å². The molecular weight excluding hydrogens is 572 g/mol. The first-order valence-corrected chi connectivity index (χ1v) is 18.5. The van der Waals surface area contributed by atoms with Gasteiger partial charge in [0.1, 0.15) is 6.04 Å². The molecule has 0 aliphatic carbocycles. The fraction of sp³-hybridized carbons (Fsp3) is 0.500. The minimum absolute atomic E-state index is 0.0425. The average Bonchev–Trinajstić information content (AvgIpc) is 2.89. The van der Waals surface area contributed by atoms with Gasteiger partial charge in [-0.25, -0.2) is 0 Å². The molecule has 0 fully saturated rings. The Bertz CT molecular complexity index is 1180. The van der Waals surface area contributed by atoms with Gasteiger partial charge >= 0.3 is 0 Å². The number of carbonyl (C=O) groups is 2. The highest BCUT2D eigenvalue weighted by atomic mass is 35.5. The molecule has 0 saturated carbocycles. The minimum Gasteiger partial charge on any atom is -0.413 e. The van der Waals surface area contributed by atoms with Gasteiger partial charge in [0.25, 0.3) is 0 Å². The third-order valence-electron chi connectivity index (χ3n) is 7.64. The van der Waals surface area contributed by atoms with Crippen molar-refractivity contribution in [2.75, 3.05) is 0 Å². The number of rotatable bonds is 14. The Labute approximate surface area is 267 Å². The van der Waals surface area contributed by atoms with Gasteiger partial charge in [-0.15, -0.1) is 0 Å². The fourth-order valence-corrected chi connectivity index (χ4v) is 5.51. The van der Waals surface area contributed by atoms with Crippen molar-refractivity contribution in [2.45, 2.75) is 111 Å². The summed E-state index contributed by atoms with van der Waals surface area (Å²) in [5, 5.41) is 6.54. The molecule has 0 aliphatic heterocycles. The summed E-state index contributed by atoms with van der Waals surface area (Å²) >= 11 is 6.09. The first kappa shape index (κ1) is 38.4. The summed E-state index contributed by atoms with van der Waals surface area (Å²) in [6.45, 7) is 22.9. The molecule has 2 amide bonds. The van der Waals surface area contributed by atoms with Crippen LogP contribution >= 0.6 is 11.6 Å². The summed E-state index contributed by atoms with van der Waals surface area (Å²) in [4.78, 5) is 25.8. The first-order valence-electron chi connectivity index (χ1n) is 15.2. The van der Waals surface area contributed by atoms with E-state index in [4.69, 9.17) is 16.0 Å². The Morgan fingerprint density at radius 2 is 1.58 bits per heavy atom. The second kappa shape index (κ2) is 17.6. The molecule has 0 radical (unpaired) electrons. The van der Waals surface area contributed by atoms with Gasteiger partial charge in [0.05, 0.1) is 6.10 Å². The molecule has 0 unspecified atom stereocenters. The summed E-state index contributed by atoms with van der Waals surface area (Å²) in [7, 11) is -1.98. The molecule has 0 bridgehead atoms. The Hall–Kier alpha value is -2.67. The molecule has 0 aliphatic rings. The van der Waals surface area contributed by atoms with Gasteiger partial charge in [0, 0.05) is 11.1 Å². The Morgan fingerprint density at radius 3 is 2.14 bits per heavy atom. The Balaban J connectivity index is 2.80. The summed E-state index contributed by atoms with van der Waals surface area (Å²) in [5.41, 5.74) is 1.87. The van der Waals surface area contributed by atoms with Crippen LogP contribution in [0.1, 0.15) is 86.6 Å². The number of halogens is 1. The lowest BCUT2D eigenvalue weighted by atomic mass is 9.86. The van der Waals surface area contributed by atoms with Gasteiger partial charge in [-0.1, -0.05) is 132 Å². The highest BCUT2D eigenvalue weighted by Crippen LogP contribution is 2.38. The van der Waals surface area contributed by atoms with Crippen molar-refractivity contribution in [3.05, 3.63) is 95.2 Å². The van der Waals surface area contributed by atoms with Crippen molar-refractivity contribution in [1.82, 2.24) is 10.6 Å². The van der Waals surface area contributed by atoms with Crippen LogP contribution < -0.4 is 10.6 Å². The van der Waals surface area contributed by atoms with Crippen molar-refractivity contribution in [3.8, 4) is 0 Å². The number of benzene rings is 1. The van der Waals surface area contributed by atoms with Gasteiger partial charge in [-0.05, 0) is 67.9 Å². The predicted molar refractivity (Wildman–Crippen MR) is 186 cm³/mol. The van der Waals surface area contributed by atoms with Crippen LogP contribution in [0.15, 0.2) is 89.7 Å². The number of nitrogens with one attached hydrogen (secondary N) is 2. The van der Waals surface area contributed by atoms with Crippen LogP contribution in [0, 0.1) is 5.41 Å². The second-order valence-electron chi connectivity index (χ2n) is 13.8. The fourth-order valence-electron chi connectivity index (χ4n) is 4.04. The van der Waals surface area contributed by atoms with Crippen molar-refractivity contribution in [3.63, 3.8) is 0 Å². The third-order valence-corrected chi connectivity index (χ3v) is 12.3. The molecule has 2 N–H and O–H groups in total. The maximum absolute atomic E-state index is 13.1. The standard InChI is InChI=1S/C36H55ClN2O3Si/c1-27(26-28(2)30-19-13-12-14-20-30)18-15-16-22-32(40)39-33(35(4,5)6)34(41)38-25-17-21-31(24-23-29(3)37)42-43(10,11)36(7,8)9/h12-20,22-23,25-26,28,31,33H,21,24H2,1-11H3,(H,38,41)(H,39,40)/b18-15-,22-16-,25-17-,27-26+,29-23+/t28-,31+,33+/m0/s1. The number of amides is 2. The van der Waals surface area contributed by atoms with Crippen molar-refractivity contribution >= 4 is 31.7 Å². The normalized spacial score (nSPS) is 16.1. The van der Waals surface area contributed by atoms with Gasteiger partial charge in [-0.2, -0.15) is 0 Å². The number of allylic oxidation sites excluding steroid dienone is 6. The molecule has 7 heteroatoms. The summed E-state index contributed by atoms with van der Waals surface area (Å²) in [5.74, 6) is -0.303. The maximum atomic E-state index is 13.1. The van der Waals surface area contributed by atoms with E-state index in [2.05, 4.69) is 69.6 Å². The summed E-state index contributed by atoms with van der Waals surface area (Å²) < 4.78 is 6.61. The molecule has 5 nitrogen and oxygen atoms in total. The minimum atomic E-state index is -1.98. The maximum Gasteiger partial charge on any atom is 0.247 e. The van der Waals surface area contributed by atoms with E-state index in [1.54, 1.807) is 12.3 Å². The zero-order valence-electron chi connectivity index (χ0n) is 28.3. The number of hydrogen-bond acceptors (Lipinski definition) is 3. The van der Waals surface area contributed by atoms with Crippen LogP contribution in [0.4, 0.5) is 0 Å². The lowest BCUT2D eigenvalue weighted by molar-refractivity contribution is -0.129. The Kier molecular flexibility index (Phi) is 15.7. The molecule has 1 rings (SSSR count). The van der Waals surface area contributed by atoms with Crippen molar-refractivity contribution in [1.29, 1.82) is 0 Å². The van der Waals surface area contributed by atoms with E-state index in [9.17, 15) is 9.59 Å². The Morgan fingerprint density at radius 1 is 0.977 bits per heavy atom. The molecule has 0 spiro atoms. The van der Waals surface area contributed by atoms with Crippen LogP contribution in [0.5, 0.6) is 0 Å². The SMILES string of the molecule is C/C(Cl)=C\C[C@@H](C/C=C\NC(=O)[C@@H](NC(=O)\C=C/C=C\C(C)=C\[C@H](C)c1ccccc1)C(C)(C)C)O[Si](C)(C)C(C)(C)C. The third kappa shape index (κ3) is 15.1. The molecule has 1 aromatic carbocycles. The zero-order valence-corrected chi connectivity index (χ0v) is 30.0. The van der Waals surface area contributed by atoms with E-state index in [0.29, 0.717) is 18.8 Å². The topological polar surface area (TPSA) is 67.4 Å². The van der Waals surface area contributed by atoms with Crippen LogP contribution in [0.2, 0.25) is 18.1 Å². The summed E-state index contributed by atoms with van der Waals surface area (Å²) in [6.07, 6.45) is 15.9. The van der Waals surface area contributed by atoms with Gasteiger partial charge in [0.15, 0.2) is 8.32 Å². The molecule has 0 aromatic heterocycles. The largest absolute Gasteiger partial charge is 0.413 e. The van der Waals surface area contributed by atoms with Gasteiger partial charge < -0.3 is 15.1 Å². The van der Waals surface area contributed by atoms with Crippen molar-refractivity contribution < 1.29 is 14.0 Å². The smallest absolute Gasteiger partial charge is 0.247 e. The lowest BCUT2D eigenvalue weighted by Crippen LogP contribution is -2.52. The molecule has 3 atom stereocenters. The van der Waals surface area contributed by atoms with E-state index in [1.807, 2.05) is 77.1 Å². The van der Waals surface area contributed by atoms with Crippen LogP contribution in [-0.2, 0) is 14.0 Å². The molecule has 1 aromatic rings. The predicted octanol–water partition coefficient (Wildman–Crippen LogP) is 9.32. The van der Waals surface area contributed by atoms with E-state index >= 15 is 0 Å². The molecular formula is C36H55ClN2O3Si. The monoisotopic (exact) mass is 626 g/mol. The summed E-state index contributed by atoms with van der Waals surface area (Å²) in [6, 6.07) is 9.60. The highest BCUT2D eigenvalue weighted by Gasteiger charge is 2.38. The molecule has 43 heavy (non-hydrogen) atoms. The quantitative estimate of drug-likeness (QED) is 0.123. The van der Waals surface area contributed by atoms with E-state index in [1.165, 1.54) is 11.6 Å². The van der Waals surface area contributed by atoms with E-state index in [0.717, 1.165) is 10.6 Å². The van der Waals surface area contributed by atoms with E-state index < -0.39 is 19.8 Å². The van der Waals surface area contributed by atoms with E-state index in [-0.39, 0.29) is 23.0 Å². The molecule has 0 heterocycles. The molecule has 0 saturated heterocycles. The molecule has 238 valence electrons. The number of carbonyl (C=O) groups excluding carboxylic acids is 2. The van der Waals surface area contributed by atoms with Crippen LogP contribution in [0.3, 0.4) is 0 Å².